The van der Waals surface area contributed by atoms with Crippen LogP contribution in [0.2, 0.25) is 0 Å². The van der Waals surface area contributed by atoms with Crippen LogP contribution in [0.1, 0.15) is 17.3 Å². The molecule has 0 aliphatic carbocycles. The first-order chi connectivity index (χ1) is 10.1. The van der Waals surface area contributed by atoms with Crippen LogP contribution in [0.3, 0.4) is 0 Å². The van der Waals surface area contributed by atoms with Crippen molar-refractivity contribution in [1.82, 2.24) is 9.55 Å². The Hall–Kier alpha value is -2.83. The highest BCUT2D eigenvalue weighted by Gasteiger charge is 2.13. The molecule has 0 atom stereocenters. The Morgan fingerprint density at radius 2 is 2.14 bits per heavy atom. The van der Waals surface area contributed by atoms with Gasteiger partial charge in [0, 0.05) is 18.9 Å². The number of nitrogens with zero attached hydrogens (tertiary/aromatic N) is 2. The number of hydrogen-bond acceptors (Lipinski definition) is 5. The van der Waals surface area contributed by atoms with Gasteiger partial charge < -0.3 is 19.1 Å². The first-order valence-electron chi connectivity index (χ1n) is 6.21. The van der Waals surface area contributed by atoms with Gasteiger partial charge in [0.15, 0.2) is 11.5 Å². The van der Waals surface area contributed by atoms with Crippen molar-refractivity contribution < 1.29 is 19.4 Å². The molecule has 1 aromatic carbocycles. The normalized spacial score (nSPS) is 10.2. The average Bonchev–Trinajstić information content (AvgIpc) is 2.49. The van der Waals surface area contributed by atoms with Crippen molar-refractivity contribution in [3.05, 3.63) is 46.5 Å². The van der Waals surface area contributed by atoms with Gasteiger partial charge in [-0.3, -0.25) is 4.79 Å². The highest BCUT2D eigenvalue weighted by atomic mass is 16.5. The molecule has 1 aromatic heterocycles. The summed E-state index contributed by atoms with van der Waals surface area (Å²) < 4.78 is 12.0. The first-order valence-corrected chi connectivity index (χ1v) is 6.21. The van der Waals surface area contributed by atoms with E-state index in [-0.39, 0.29) is 28.5 Å². The Kier molecular flexibility index (Phi) is 4.22. The first kappa shape index (κ1) is 14.6. The minimum absolute atomic E-state index is 0.0613. The molecular formula is C14H14N2O5. The number of benzene rings is 1. The van der Waals surface area contributed by atoms with Gasteiger partial charge in [0.2, 0.25) is 0 Å². The fourth-order valence-corrected chi connectivity index (χ4v) is 1.74. The Morgan fingerprint density at radius 1 is 1.38 bits per heavy atom. The van der Waals surface area contributed by atoms with E-state index in [1.807, 2.05) is 6.92 Å². The zero-order valence-corrected chi connectivity index (χ0v) is 11.6. The minimum Gasteiger partial charge on any atom is -0.493 e. The van der Waals surface area contributed by atoms with Gasteiger partial charge in [0.05, 0.1) is 12.7 Å². The number of carbonyl (C=O) groups is 1. The van der Waals surface area contributed by atoms with E-state index in [4.69, 9.17) is 14.6 Å². The van der Waals surface area contributed by atoms with Crippen LogP contribution < -0.4 is 15.0 Å². The Bertz CT molecular complexity index is 724. The Labute approximate surface area is 120 Å². The van der Waals surface area contributed by atoms with Gasteiger partial charge in [0.1, 0.15) is 0 Å². The largest absolute Gasteiger partial charge is 0.493 e. The topological polar surface area (TPSA) is 90.7 Å². The molecule has 2 aromatic rings. The predicted octanol–water partition coefficient (Wildman–Crippen LogP) is 1.76. The maximum absolute atomic E-state index is 12.0. The van der Waals surface area contributed by atoms with Crippen molar-refractivity contribution in [3.63, 3.8) is 0 Å². The molecule has 0 saturated heterocycles. The van der Waals surface area contributed by atoms with E-state index in [2.05, 4.69) is 4.98 Å². The quantitative estimate of drug-likeness (QED) is 0.902. The molecule has 0 unspecified atom stereocenters. The monoisotopic (exact) mass is 290 g/mol. The highest BCUT2D eigenvalue weighted by Crippen LogP contribution is 2.30. The fourth-order valence-electron chi connectivity index (χ4n) is 1.74. The lowest BCUT2D eigenvalue weighted by molar-refractivity contribution is 0.0696. The lowest BCUT2D eigenvalue weighted by Crippen LogP contribution is -2.20. The third-order valence-electron chi connectivity index (χ3n) is 2.84. The number of rotatable bonds is 5. The smallest absolute Gasteiger partial charge is 0.335 e. The van der Waals surface area contributed by atoms with Crippen LogP contribution in [0, 0.1) is 0 Å². The summed E-state index contributed by atoms with van der Waals surface area (Å²) in [5, 5.41) is 8.94. The molecule has 0 amide bonds. The molecule has 1 heterocycles. The number of hydrogen-bond donors (Lipinski definition) is 1. The summed E-state index contributed by atoms with van der Waals surface area (Å²) in [6.45, 7) is 2.32. The van der Waals surface area contributed by atoms with E-state index < -0.39 is 5.97 Å². The molecule has 0 saturated carbocycles. The van der Waals surface area contributed by atoms with Gasteiger partial charge in [-0.05, 0) is 25.1 Å². The molecule has 0 spiro atoms. The number of ether oxygens (including phenoxy) is 2. The number of aromatic nitrogens is 2. The molecule has 110 valence electrons. The van der Waals surface area contributed by atoms with Crippen molar-refractivity contribution in [2.24, 2.45) is 0 Å². The number of aryl methyl sites for hydroxylation is 1. The van der Waals surface area contributed by atoms with Crippen LogP contribution in [-0.4, -0.2) is 27.7 Å². The summed E-state index contributed by atoms with van der Waals surface area (Å²) in [7, 11) is 1.39. The lowest BCUT2D eigenvalue weighted by atomic mass is 10.2. The molecule has 0 fully saturated rings. The van der Waals surface area contributed by atoms with E-state index in [9.17, 15) is 9.59 Å². The van der Waals surface area contributed by atoms with Gasteiger partial charge in [-0.15, -0.1) is 0 Å². The van der Waals surface area contributed by atoms with Gasteiger partial charge in [0.25, 0.3) is 5.88 Å². The van der Waals surface area contributed by atoms with Crippen LogP contribution in [-0.2, 0) is 6.54 Å². The van der Waals surface area contributed by atoms with Gasteiger partial charge in [-0.2, -0.15) is 0 Å². The van der Waals surface area contributed by atoms with Gasteiger partial charge in [-0.1, -0.05) is 0 Å². The zero-order chi connectivity index (χ0) is 15.4. The van der Waals surface area contributed by atoms with Crippen LogP contribution in [0.15, 0.2) is 35.4 Å². The van der Waals surface area contributed by atoms with Crippen molar-refractivity contribution in [2.75, 3.05) is 7.11 Å². The number of carboxylic acids is 1. The lowest BCUT2D eigenvalue weighted by Gasteiger charge is -2.10. The maximum Gasteiger partial charge on any atom is 0.335 e. The molecule has 7 heteroatoms. The number of carboxylic acid groups (broad SMARTS) is 1. The molecule has 0 aliphatic rings. The molecule has 0 radical (unpaired) electrons. The SMILES string of the molecule is CCn1ccnc(Oc2ccc(C(=O)O)cc2OC)c1=O. The van der Waals surface area contributed by atoms with Crippen molar-refractivity contribution in [3.8, 4) is 17.4 Å². The van der Waals surface area contributed by atoms with E-state index >= 15 is 0 Å². The highest BCUT2D eigenvalue weighted by molar-refractivity contribution is 5.88. The zero-order valence-electron chi connectivity index (χ0n) is 11.6. The summed E-state index contributed by atoms with van der Waals surface area (Å²) in [5.74, 6) is -0.740. The standard InChI is InChI=1S/C14H14N2O5/c1-3-16-7-6-15-12(13(16)17)21-10-5-4-9(14(18)19)8-11(10)20-2/h4-8H,3H2,1-2H3,(H,18,19). The van der Waals surface area contributed by atoms with E-state index in [1.54, 1.807) is 6.20 Å². The third kappa shape index (κ3) is 3.02. The second-order valence-corrected chi connectivity index (χ2v) is 4.10. The third-order valence-corrected chi connectivity index (χ3v) is 2.84. The van der Waals surface area contributed by atoms with E-state index in [0.29, 0.717) is 6.54 Å². The predicted molar refractivity (Wildman–Crippen MR) is 74.2 cm³/mol. The van der Waals surface area contributed by atoms with Gasteiger partial charge >= 0.3 is 11.5 Å². The molecule has 7 nitrogen and oxygen atoms in total. The average molecular weight is 290 g/mol. The second kappa shape index (κ2) is 6.08. The van der Waals surface area contributed by atoms with Crippen LogP contribution >= 0.6 is 0 Å². The fraction of sp³-hybridized carbons (Fsp3) is 0.214. The Morgan fingerprint density at radius 3 is 2.76 bits per heavy atom. The molecule has 0 aliphatic heterocycles. The Balaban J connectivity index is 2.40. The number of methoxy groups -OCH3 is 1. The summed E-state index contributed by atoms with van der Waals surface area (Å²) in [5.41, 5.74) is -0.310. The molecular weight excluding hydrogens is 276 g/mol. The van der Waals surface area contributed by atoms with E-state index in [0.717, 1.165) is 0 Å². The van der Waals surface area contributed by atoms with E-state index in [1.165, 1.54) is 36.1 Å². The molecule has 21 heavy (non-hydrogen) atoms. The van der Waals surface area contributed by atoms with Crippen LogP contribution in [0.25, 0.3) is 0 Å². The summed E-state index contributed by atoms with van der Waals surface area (Å²) in [4.78, 5) is 26.8. The number of aromatic carboxylic acids is 1. The van der Waals surface area contributed by atoms with Crippen molar-refractivity contribution >= 4 is 5.97 Å². The van der Waals surface area contributed by atoms with Crippen molar-refractivity contribution in [1.29, 1.82) is 0 Å². The second-order valence-electron chi connectivity index (χ2n) is 4.10. The molecule has 0 bridgehead atoms. The minimum atomic E-state index is -1.08. The summed E-state index contributed by atoms with van der Waals surface area (Å²) >= 11 is 0. The van der Waals surface area contributed by atoms with Crippen molar-refractivity contribution in [2.45, 2.75) is 13.5 Å². The molecule has 2 rings (SSSR count). The summed E-state index contributed by atoms with van der Waals surface area (Å²) in [6.07, 6.45) is 3.01. The maximum atomic E-state index is 12.0. The van der Waals surface area contributed by atoms with Gasteiger partial charge in [-0.25, -0.2) is 9.78 Å². The van der Waals surface area contributed by atoms with Crippen LogP contribution in [0.4, 0.5) is 0 Å². The summed E-state index contributed by atoms with van der Waals surface area (Å²) in [6, 6.07) is 4.10. The van der Waals surface area contributed by atoms with Crippen LogP contribution in [0.5, 0.6) is 17.4 Å². The molecule has 1 N–H and O–H groups in total.